The smallest absolute Gasteiger partial charge is 0.257 e. The third kappa shape index (κ3) is 4.87. The van der Waals surface area contributed by atoms with E-state index >= 15 is 0 Å². The SMILES string of the molecule is CNC(C)Cc1noc(-c2ccc(S(=O)(=O)N3CCCCC3C)cc2)n1.Cl. The van der Waals surface area contributed by atoms with Gasteiger partial charge in [0.1, 0.15) is 0 Å². The normalized spacial score (nSPS) is 19.4. The van der Waals surface area contributed by atoms with E-state index in [0.29, 0.717) is 35.1 Å². The summed E-state index contributed by atoms with van der Waals surface area (Å²) in [5.41, 5.74) is 0.714. The van der Waals surface area contributed by atoms with E-state index in [0.717, 1.165) is 19.3 Å². The molecule has 2 aromatic rings. The van der Waals surface area contributed by atoms with Crippen LogP contribution in [0.1, 0.15) is 38.9 Å². The number of hydrogen-bond acceptors (Lipinski definition) is 6. The van der Waals surface area contributed by atoms with Crippen molar-refractivity contribution >= 4 is 22.4 Å². The first-order valence-electron chi connectivity index (χ1n) is 9.04. The molecule has 0 saturated carbocycles. The molecular formula is C18H27ClN4O3S. The number of halogens is 1. The van der Waals surface area contributed by atoms with Crippen molar-refractivity contribution in [2.24, 2.45) is 0 Å². The van der Waals surface area contributed by atoms with E-state index in [-0.39, 0.29) is 24.5 Å². The molecule has 2 atom stereocenters. The van der Waals surface area contributed by atoms with Crippen LogP contribution in [0.3, 0.4) is 0 Å². The van der Waals surface area contributed by atoms with Gasteiger partial charge < -0.3 is 9.84 Å². The van der Waals surface area contributed by atoms with Crippen LogP contribution in [0, 0.1) is 0 Å². The van der Waals surface area contributed by atoms with Crippen molar-refractivity contribution in [2.75, 3.05) is 13.6 Å². The molecule has 7 nitrogen and oxygen atoms in total. The van der Waals surface area contributed by atoms with E-state index in [1.165, 1.54) is 0 Å². The van der Waals surface area contributed by atoms with Gasteiger partial charge in [0.25, 0.3) is 5.89 Å². The minimum absolute atomic E-state index is 0. The number of benzene rings is 1. The van der Waals surface area contributed by atoms with E-state index in [4.69, 9.17) is 4.52 Å². The summed E-state index contributed by atoms with van der Waals surface area (Å²) in [5, 5.41) is 7.11. The van der Waals surface area contributed by atoms with Crippen LogP contribution in [0.25, 0.3) is 11.5 Å². The standard InChI is InChI=1S/C18H26N4O3S.ClH/c1-13(19-3)12-17-20-18(25-21-17)15-7-9-16(10-8-15)26(23,24)22-11-5-4-6-14(22)2;/h7-10,13-14,19H,4-6,11-12H2,1-3H3;1H. The summed E-state index contributed by atoms with van der Waals surface area (Å²) in [4.78, 5) is 4.69. The third-order valence-electron chi connectivity index (χ3n) is 4.90. The number of piperidine rings is 1. The number of hydrogen-bond donors (Lipinski definition) is 1. The number of nitrogens with zero attached hydrogens (tertiary/aromatic N) is 3. The summed E-state index contributed by atoms with van der Waals surface area (Å²) in [6, 6.07) is 6.97. The Morgan fingerprint density at radius 3 is 2.63 bits per heavy atom. The molecule has 2 heterocycles. The molecule has 1 aromatic heterocycles. The van der Waals surface area contributed by atoms with Gasteiger partial charge in [0.15, 0.2) is 5.82 Å². The average molecular weight is 415 g/mol. The summed E-state index contributed by atoms with van der Waals surface area (Å²) in [6.07, 6.45) is 3.57. The summed E-state index contributed by atoms with van der Waals surface area (Å²) >= 11 is 0. The van der Waals surface area contributed by atoms with E-state index in [2.05, 4.69) is 15.5 Å². The largest absolute Gasteiger partial charge is 0.334 e. The fourth-order valence-electron chi connectivity index (χ4n) is 3.16. The molecule has 0 amide bonds. The second kappa shape index (κ2) is 9.14. The maximum absolute atomic E-state index is 12.9. The first kappa shape index (κ1) is 21.8. The molecule has 2 unspecified atom stereocenters. The Morgan fingerprint density at radius 1 is 1.30 bits per heavy atom. The molecule has 0 bridgehead atoms. The van der Waals surface area contributed by atoms with Gasteiger partial charge in [-0.2, -0.15) is 9.29 Å². The molecule has 0 radical (unpaired) electrons. The number of nitrogens with one attached hydrogen (secondary N) is 1. The first-order valence-corrected chi connectivity index (χ1v) is 10.5. The topological polar surface area (TPSA) is 88.3 Å². The molecule has 1 aliphatic heterocycles. The fraction of sp³-hybridized carbons (Fsp3) is 0.556. The minimum atomic E-state index is -3.47. The maximum Gasteiger partial charge on any atom is 0.257 e. The molecular weight excluding hydrogens is 388 g/mol. The summed E-state index contributed by atoms with van der Waals surface area (Å²) in [7, 11) is -1.58. The van der Waals surface area contributed by atoms with Gasteiger partial charge in [-0.05, 0) is 58.0 Å². The second-order valence-corrected chi connectivity index (χ2v) is 8.79. The van der Waals surface area contributed by atoms with Gasteiger partial charge in [0, 0.05) is 30.6 Å². The Bertz CT molecular complexity index is 839. The summed E-state index contributed by atoms with van der Waals surface area (Å²) in [6.45, 7) is 4.59. The van der Waals surface area contributed by atoms with Crippen LogP contribution in [-0.2, 0) is 16.4 Å². The summed E-state index contributed by atoms with van der Waals surface area (Å²) in [5.74, 6) is 1.03. The summed E-state index contributed by atoms with van der Waals surface area (Å²) < 4.78 is 32.7. The predicted octanol–water partition coefficient (Wildman–Crippen LogP) is 2.87. The lowest BCUT2D eigenvalue weighted by Gasteiger charge is -2.32. The highest BCUT2D eigenvalue weighted by atomic mass is 35.5. The van der Waals surface area contributed by atoms with Gasteiger partial charge in [-0.1, -0.05) is 11.6 Å². The van der Waals surface area contributed by atoms with Crippen molar-refractivity contribution in [3.8, 4) is 11.5 Å². The average Bonchev–Trinajstić information content (AvgIpc) is 3.10. The Kier molecular flexibility index (Phi) is 7.39. The molecule has 0 aliphatic carbocycles. The lowest BCUT2D eigenvalue weighted by atomic mass is 10.1. The van der Waals surface area contributed by atoms with Gasteiger partial charge in [0.05, 0.1) is 4.90 Å². The van der Waals surface area contributed by atoms with E-state index < -0.39 is 10.0 Å². The number of sulfonamides is 1. The maximum atomic E-state index is 12.9. The zero-order valence-corrected chi connectivity index (χ0v) is 17.5. The number of rotatable bonds is 6. The lowest BCUT2D eigenvalue weighted by Crippen LogP contribution is -2.41. The minimum Gasteiger partial charge on any atom is -0.334 e. The number of likely N-dealkylation sites (N-methyl/N-ethyl adjacent to an activating group) is 1. The Morgan fingerprint density at radius 2 is 2.00 bits per heavy atom. The Balaban J connectivity index is 0.00000261. The van der Waals surface area contributed by atoms with Crippen molar-refractivity contribution in [2.45, 2.75) is 56.5 Å². The van der Waals surface area contributed by atoms with Crippen molar-refractivity contribution in [3.05, 3.63) is 30.1 Å². The Hall–Kier alpha value is -1.48. The second-order valence-electron chi connectivity index (χ2n) is 6.89. The van der Waals surface area contributed by atoms with Crippen molar-refractivity contribution in [1.82, 2.24) is 19.8 Å². The molecule has 0 spiro atoms. The highest BCUT2D eigenvalue weighted by Gasteiger charge is 2.30. The van der Waals surface area contributed by atoms with Crippen LogP contribution >= 0.6 is 12.4 Å². The van der Waals surface area contributed by atoms with Crippen LogP contribution < -0.4 is 5.32 Å². The fourth-order valence-corrected chi connectivity index (χ4v) is 4.86. The van der Waals surface area contributed by atoms with Crippen molar-refractivity contribution in [3.63, 3.8) is 0 Å². The van der Waals surface area contributed by atoms with Gasteiger partial charge in [-0.25, -0.2) is 8.42 Å². The molecule has 150 valence electrons. The first-order chi connectivity index (χ1) is 12.4. The highest BCUT2D eigenvalue weighted by Crippen LogP contribution is 2.27. The molecule has 1 aromatic carbocycles. The Labute approximate surface area is 167 Å². The van der Waals surface area contributed by atoms with Crippen molar-refractivity contribution in [1.29, 1.82) is 0 Å². The quantitative estimate of drug-likeness (QED) is 0.781. The zero-order chi connectivity index (χ0) is 18.7. The zero-order valence-electron chi connectivity index (χ0n) is 15.9. The van der Waals surface area contributed by atoms with Gasteiger partial charge in [-0.15, -0.1) is 12.4 Å². The van der Waals surface area contributed by atoms with Crippen LogP contribution in [0.5, 0.6) is 0 Å². The van der Waals surface area contributed by atoms with E-state index in [9.17, 15) is 8.42 Å². The molecule has 1 saturated heterocycles. The lowest BCUT2D eigenvalue weighted by molar-refractivity contribution is 0.268. The third-order valence-corrected chi connectivity index (χ3v) is 6.93. The molecule has 1 aliphatic rings. The van der Waals surface area contributed by atoms with Gasteiger partial charge in [0.2, 0.25) is 10.0 Å². The molecule has 3 rings (SSSR count). The van der Waals surface area contributed by atoms with Crippen LogP contribution in [0.4, 0.5) is 0 Å². The van der Waals surface area contributed by atoms with E-state index in [1.54, 1.807) is 28.6 Å². The molecule has 1 N–H and O–H groups in total. The highest BCUT2D eigenvalue weighted by molar-refractivity contribution is 7.89. The number of aromatic nitrogens is 2. The molecule has 27 heavy (non-hydrogen) atoms. The van der Waals surface area contributed by atoms with Crippen LogP contribution in [0.2, 0.25) is 0 Å². The predicted molar refractivity (Wildman–Crippen MR) is 106 cm³/mol. The van der Waals surface area contributed by atoms with Gasteiger partial charge >= 0.3 is 0 Å². The van der Waals surface area contributed by atoms with Crippen molar-refractivity contribution < 1.29 is 12.9 Å². The van der Waals surface area contributed by atoms with Crippen LogP contribution in [-0.4, -0.2) is 48.5 Å². The van der Waals surface area contributed by atoms with E-state index in [1.807, 2.05) is 20.9 Å². The van der Waals surface area contributed by atoms with Crippen LogP contribution in [0.15, 0.2) is 33.7 Å². The monoisotopic (exact) mass is 414 g/mol. The molecule has 9 heteroatoms. The van der Waals surface area contributed by atoms with Gasteiger partial charge in [-0.3, -0.25) is 0 Å². The molecule has 1 fully saturated rings.